The molecule has 2 heterocycles. The van der Waals surface area contributed by atoms with Gasteiger partial charge in [0.15, 0.2) is 0 Å². The van der Waals surface area contributed by atoms with E-state index < -0.39 is 29.7 Å². The van der Waals surface area contributed by atoms with Gasteiger partial charge >= 0.3 is 0 Å². The Morgan fingerprint density at radius 3 is 2.61 bits per heavy atom. The number of aliphatic hydroxyl groups is 1. The molecule has 2 aliphatic rings. The molecule has 2 fully saturated rings. The van der Waals surface area contributed by atoms with Crippen LogP contribution < -0.4 is 10.6 Å². The number of aliphatic hydroxyl groups excluding tert-OH is 1. The lowest BCUT2D eigenvalue weighted by Crippen LogP contribution is -2.53. The number of ether oxygens (including phenoxy) is 1. The van der Waals surface area contributed by atoms with E-state index in [1.165, 1.54) is 12.1 Å². The maximum absolute atomic E-state index is 13.8. The second-order valence-electron chi connectivity index (χ2n) is 10.1. The van der Waals surface area contributed by atoms with Gasteiger partial charge < -0.3 is 25.4 Å². The Kier molecular flexibility index (Phi) is 11.1. The highest BCUT2D eigenvalue weighted by Crippen LogP contribution is 2.22. The number of hydrogen-bond donors (Lipinski definition) is 3. The maximum Gasteiger partial charge on any atom is 0.225 e. The molecule has 3 rings (SSSR count). The first-order valence-electron chi connectivity index (χ1n) is 13.4. The van der Waals surface area contributed by atoms with Crippen LogP contribution in [0.2, 0.25) is 0 Å². The zero-order chi connectivity index (χ0) is 26.1. The van der Waals surface area contributed by atoms with E-state index in [1.54, 1.807) is 4.90 Å². The number of carbonyl (C=O) groups excluding carboxylic acids is 2. The van der Waals surface area contributed by atoms with Gasteiger partial charge in [0.2, 0.25) is 11.8 Å². The van der Waals surface area contributed by atoms with E-state index in [1.807, 2.05) is 0 Å². The predicted octanol–water partition coefficient (Wildman–Crippen LogP) is 2.94. The lowest BCUT2D eigenvalue weighted by molar-refractivity contribution is -0.129. The average Bonchev–Trinajstić information content (AvgIpc) is 3.45. The lowest BCUT2D eigenvalue weighted by Gasteiger charge is -2.29. The Morgan fingerprint density at radius 1 is 1.19 bits per heavy atom. The van der Waals surface area contributed by atoms with Crippen LogP contribution in [0.4, 0.5) is 8.78 Å². The summed E-state index contributed by atoms with van der Waals surface area (Å²) in [6.07, 6.45) is 4.68. The van der Waals surface area contributed by atoms with E-state index >= 15 is 0 Å². The number of amides is 2. The molecule has 3 N–H and O–H groups in total. The van der Waals surface area contributed by atoms with E-state index in [-0.39, 0.29) is 36.8 Å². The number of unbranched alkanes of at least 4 members (excludes halogenated alkanes) is 3. The average molecular weight is 510 g/mol. The summed E-state index contributed by atoms with van der Waals surface area (Å²) in [5, 5.41) is 17.4. The monoisotopic (exact) mass is 509 g/mol. The van der Waals surface area contributed by atoms with Gasteiger partial charge in [-0.2, -0.15) is 0 Å². The van der Waals surface area contributed by atoms with Gasteiger partial charge in [0, 0.05) is 44.8 Å². The number of rotatable bonds is 14. The quantitative estimate of drug-likeness (QED) is 0.336. The Labute approximate surface area is 213 Å². The van der Waals surface area contributed by atoms with Crippen LogP contribution in [0.3, 0.4) is 0 Å². The standard InChI is InChI=1S/C27H41F2N3O4/c1-3-5-7-8-32-17-19(13-25(32)33)27(35)31-24(12-18-10-20(28)14-21(29)11-18)26(34)23-15-22(16-30-23)36-9-6-4-2/h10-11,14,19,22-24,26,30,34H,3-9,12-13,15-17H2,1-2H3,(H,31,35)/t19?,22-,23-,24+,26-/m1/s1. The Morgan fingerprint density at radius 2 is 1.92 bits per heavy atom. The van der Waals surface area contributed by atoms with Gasteiger partial charge in [-0.1, -0.05) is 33.1 Å². The van der Waals surface area contributed by atoms with Crippen LogP contribution in [0.5, 0.6) is 0 Å². The minimum absolute atomic E-state index is 0.0386. The summed E-state index contributed by atoms with van der Waals surface area (Å²) in [4.78, 5) is 27.3. The maximum atomic E-state index is 13.8. The van der Waals surface area contributed by atoms with Crippen LogP contribution in [0, 0.1) is 17.6 Å². The molecular formula is C27H41F2N3O4. The molecule has 36 heavy (non-hydrogen) atoms. The first-order valence-corrected chi connectivity index (χ1v) is 13.4. The molecule has 2 amide bonds. The molecular weight excluding hydrogens is 468 g/mol. The van der Waals surface area contributed by atoms with Crippen LogP contribution in [0.25, 0.3) is 0 Å². The van der Waals surface area contributed by atoms with E-state index in [2.05, 4.69) is 24.5 Å². The minimum atomic E-state index is -1.00. The summed E-state index contributed by atoms with van der Waals surface area (Å²) in [6, 6.07) is 2.09. The molecule has 2 saturated heterocycles. The van der Waals surface area contributed by atoms with E-state index in [0.717, 1.165) is 38.2 Å². The topological polar surface area (TPSA) is 90.9 Å². The normalized spacial score (nSPS) is 23.8. The van der Waals surface area contributed by atoms with Crippen LogP contribution in [-0.4, -0.2) is 72.4 Å². The Bertz CT molecular complexity index is 851. The first-order chi connectivity index (χ1) is 17.3. The molecule has 2 aliphatic heterocycles. The van der Waals surface area contributed by atoms with Gasteiger partial charge in [-0.3, -0.25) is 9.59 Å². The largest absolute Gasteiger partial charge is 0.389 e. The minimum Gasteiger partial charge on any atom is -0.389 e. The smallest absolute Gasteiger partial charge is 0.225 e. The van der Waals surface area contributed by atoms with Crippen LogP contribution >= 0.6 is 0 Å². The van der Waals surface area contributed by atoms with Crippen molar-refractivity contribution in [1.82, 2.24) is 15.5 Å². The number of halogens is 2. The molecule has 0 aromatic heterocycles. The molecule has 0 radical (unpaired) electrons. The zero-order valence-electron chi connectivity index (χ0n) is 21.5. The molecule has 0 spiro atoms. The number of nitrogens with zero attached hydrogens (tertiary/aromatic N) is 1. The molecule has 1 aromatic carbocycles. The molecule has 5 atom stereocenters. The van der Waals surface area contributed by atoms with Gasteiger partial charge in [-0.15, -0.1) is 0 Å². The fourth-order valence-corrected chi connectivity index (χ4v) is 5.05. The van der Waals surface area contributed by atoms with Crippen molar-refractivity contribution in [3.05, 3.63) is 35.4 Å². The number of hydrogen-bond acceptors (Lipinski definition) is 5. The Balaban J connectivity index is 1.66. The molecule has 7 nitrogen and oxygen atoms in total. The highest BCUT2D eigenvalue weighted by atomic mass is 19.1. The molecule has 0 bridgehead atoms. The van der Waals surface area contributed by atoms with Crippen molar-refractivity contribution in [2.75, 3.05) is 26.2 Å². The summed E-state index contributed by atoms with van der Waals surface area (Å²) in [5.41, 5.74) is 0.342. The summed E-state index contributed by atoms with van der Waals surface area (Å²) < 4.78 is 33.6. The molecule has 9 heteroatoms. The molecule has 0 saturated carbocycles. The van der Waals surface area contributed by atoms with Gasteiger partial charge in [0.25, 0.3) is 0 Å². The summed E-state index contributed by atoms with van der Waals surface area (Å²) in [7, 11) is 0. The van der Waals surface area contributed by atoms with Crippen LogP contribution in [-0.2, 0) is 20.7 Å². The second kappa shape index (κ2) is 14.0. The summed E-state index contributed by atoms with van der Waals surface area (Å²) >= 11 is 0. The molecule has 202 valence electrons. The zero-order valence-corrected chi connectivity index (χ0v) is 21.5. The van der Waals surface area contributed by atoms with Crippen molar-refractivity contribution in [1.29, 1.82) is 0 Å². The number of nitrogens with one attached hydrogen (secondary N) is 2. The van der Waals surface area contributed by atoms with Gasteiger partial charge in [0.1, 0.15) is 11.6 Å². The second-order valence-corrected chi connectivity index (χ2v) is 10.1. The third kappa shape index (κ3) is 8.21. The highest BCUT2D eigenvalue weighted by molar-refractivity contribution is 5.89. The van der Waals surface area contributed by atoms with Crippen LogP contribution in [0.1, 0.15) is 64.4 Å². The third-order valence-corrected chi connectivity index (χ3v) is 7.12. The van der Waals surface area contributed by atoms with Crippen molar-refractivity contribution in [2.45, 2.75) is 89.5 Å². The van der Waals surface area contributed by atoms with Crippen molar-refractivity contribution in [2.24, 2.45) is 5.92 Å². The predicted molar refractivity (Wildman–Crippen MR) is 133 cm³/mol. The number of carbonyl (C=O) groups is 2. The van der Waals surface area contributed by atoms with Crippen molar-refractivity contribution in [3.63, 3.8) is 0 Å². The molecule has 0 aliphatic carbocycles. The van der Waals surface area contributed by atoms with Crippen molar-refractivity contribution >= 4 is 11.8 Å². The highest BCUT2D eigenvalue weighted by Gasteiger charge is 2.38. The van der Waals surface area contributed by atoms with Crippen LogP contribution in [0.15, 0.2) is 18.2 Å². The number of likely N-dealkylation sites (tertiary alicyclic amines) is 1. The van der Waals surface area contributed by atoms with Gasteiger partial charge in [-0.25, -0.2) is 8.78 Å². The number of benzene rings is 1. The summed E-state index contributed by atoms with van der Waals surface area (Å²) in [5.74, 6) is -2.30. The summed E-state index contributed by atoms with van der Waals surface area (Å²) in [6.45, 7) is 6.41. The van der Waals surface area contributed by atoms with Gasteiger partial charge in [-0.05, 0) is 43.4 Å². The lowest BCUT2D eigenvalue weighted by atomic mass is 9.94. The van der Waals surface area contributed by atoms with Gasteiger partial charge in [0.05, 0.1) is 24.2 Å². The fraction of sp³-hybridized carbons (Fsp3) is 0.704. The van der Waals surface area contributed by atoms with E-state index in [4.69, 9.17) is 4.74 Å². The molecule has 1 aromatic rings. The van der Waals surface area contributed by atoms with E-state index in [9.17, 15) is 23.5 Å². The third-order valence-electron chi connectivity index (χ3n) is 7.12. The van der Waals surface area contributed by atoms with Crippen molar-refractivity contribution in [3.8, 4) is 0 Å². The SMILES string of the molecule is CCCCCN1CC(C(=O)N[C@@H](Cc2cc(F)cc(F)c2)[C@H](O)[C@H]2C[C@@H](OCCCC)CN2)CC1=O. The van der Waals surface area contributed by atoms with E-state index in [0.29, 0.717) is 38.2 Å². The Hall–Kier alpha value is -2.10. The van der Waals surface area contributed by atoms with Crippen molar-refractivity contribution < 1.29 is 28.2 Å². The first kappa shape index (κ1) is 28.5. The molecule has 1 unspecified atom stereocenters. The fourth-order valence-electron chi connectivity index (χ4n) is 5.05.